The molecule has 5 heteroatoms. The van der Waals surface area contributed by atoms with Gasteiger partial charge in [0.1, 0.15) is 0 Å². The Labute approximate surface area is 326 Å². The first-order valence-corrected chi connectivity index (χ1v) is 18.6. The molecular weight excluding hydrogens is 683 g/mol. The minimum atomic E-state index is 0.651. The lowest BCUT2D eigenvalue weighted by molar-refractivity contribution is 1.10. The van der Waals surface area contributed by atoms with E-state index in [4.69, 9.17) is 9.97 Å². The topological polar surface area (TPSA) is 56.5 Å². The van der Waals surface area contributed by atoms with Crippen molar-refractivity contribution in [1.82, 2.24) is 24.5 Å². The SMILES string of the molecule is C=C/C=C\c1c(C)c2ccccc2n1-c1cc(-c2ccc(-c3ccccc3)cc2)cc(-c2ccc(-c3nc(-c4ccncc4)cc(-c4ccncc4)n3)cc2)c1. The number of pyridine rings is 2. The minimum absolute atomic E-state index is 0.651. The first-order valence-electron chi connectivity index (χ1n) is 18.6. The lowest BCUT2D eigenvalue weighted by Gasteiger charge is -2.15. The molecule has 0 radical (unpaired) electrons. The van der Waals surface area contributed by atoms with Gasteiger partial charge in [0.2, 0.25) is 0 Å². The van der Waals surface area contributed by atoms with Gasteiger partial charge in [0.05, 0.1) is 16.9 Å². The smallest absolute Gasteiger partial charge is 0.160 e. The molecule has 0 fully saturated rings. The Morgan fingerprint density at radius 2 is 0.982 bits per heavy atom. The molecule has 5 aromatic carbocycles. The number of para-hydroxylation sites is 1. The number of hydrogen-bond donors (Lipinski definition) is 0. The molecule has 0 unspecified atom stereocenters. The molecule has 9 aromatic rings. The molecule has 4 heterocycles. The maximum absolute atomic E-state index is 5.03. The third-order valence-corrected chi connectivity index (χ3v) is 10.2. The first-order chi connectivity index (χ1) is 27.6. The van der Waals surface area contributed by atoms with Crippen LogP contribution in [0, 0.1) is 6.92 Å². The highest BCUT2D eigenvalue weighted by Crippen LogP contribution is 2.37. The van der Waals surface area contributed by atoms with Crippen molar-refractivity contribution in [2.24, 2.45) is 0 Å². The molecule has 0 aliphatic carbocycles. The van der Waals surface area contributed by atoms with Crippen LogP contribution >= 0.6 is 0 Å². The van der Waals surface area contributed by atoms with Crippen molar-refractivity contribution < 1.29 is 0 Å². The number of aryl methyl sites for hydroxylation is 1. The molecule has 0 saturated heterocycles. The van der Waals surface area contributed by atoms with Gasteiger partial charge in [-0.3, -0.25) is 9.97 Å². The van der Waals surface area contributed by atoms with Crippen molar-refractivity contribution in [1.29, 1.82) is 0 Å². The van der Waals surface area contributed by atoms with Crippen LogP contribution < -0.4 is 0 Å². The zero-order valence-corrected chi connectivity index (χ0v) is 30.9. The predicted octanol–water partition coefficient (Wildman–Crippen LogP) is 12.7. The number of nitrogens with zero attached hydrogens (tertiary/aromatic N) is 5. The highest BCUT2D eigenvalue weighted by Gasteiger charge is 2.17. The van der Waals surface area contributed by atoms with Crippen LogP contribution in [0.15, 0.2) is 195 Å². The summed E-state index contributed by atoms with van der Waals surface area (Å²) in [6, 6.07) is 53.3. The Morgan fingerprint density at radius 1 is 0.482 bits per heavy atom. The van der Waals surface area contributed by atoms with Crippen molar-refractivity contribution in [3.63, 3.8) is 0 Å². The summed E-state index contributed by atoms with van der Waals surface area (Å²) in [5.74, 6) is 0.651. The standard InChI is InChI=1S/C51H37N5/c1-3-4-13-49-35(2)46-12-8-9-14-50(46)56(49)45-32-43(38-17-15-37(16-18-38)36-10-6-5-7-11-36)31-44(33-45)39-19-21-42(22-20-39)51-54-47(40-23-27-52-28-24-40)34-48(55-51)41-25-29-53-30-26-41/h3-34H,1H2,2H3/b13-4-. The Balaban J connectivity index is 1.18. The van der Waals surface area contributed by atoms with E-state index in [0.717, 1.165) is 67.2 Å². The average Bonchev–Trinajstić information content (AvgIpc) is 3.57. The Morgan fingerprint density at radius 3 is 1.55 bits per heavy atom. The Kier molecular flexibility index (Phi) is 9.24. The van der Waals surface area contributed by atoms with Crippen LogP contribution in [0.1, 0.15) is 11.3 Å². The summed E-state index contributed by atoms with van der Waals surface area (Å²) in [6.07, 6.45) is 13.1. The van der Waals surface area contributed by atoms with Gasteiger partial charge in [0.25, 0.3) is 0 Å². The van der Waals surface area contributed by atoms with E-state index in [1.807, 2.05) is 42.5 Å². The number of aromatic nitrogens is 5. The van der Waals surface area contributed by atoms with Crippen LogP contribution in [0.3, 0.4) is 0 Å². The molecule has 0 saturated carbocycles. The second kappa shape index (κ2) is 15.1. The van der Waals surface area contributed by atoms with E-state index in [1.54, 1.807) is 24.8 Å². The second-order valence-corrected chi connectivity index (χ2v) is 13.7. The van der Waals surface area contributed by atoms with Crippen molar-refractivity contribution in [2.45, 2.75) is 6.92 Å². The highest BCUT2D eigenvalue weighted by molar-refractivity contribution is 5.91. The van der Waals surface area contributed by atoms with Gasteiger partial charge in [0.15, 0.2) is 5.82 Å². The van der Waals surface area contributed by atoms with Crippen LogP contribution in [0.5, 0.6) is 0 Å². The summed E-state index contributed by atoms with van der Waals surface area (Å²) in [6.45, 7) is 6.15. The van der Waals surface area contributed by atoms with Gasteiger partial charge in [0, 0.05) is 58.2 Å². The van der Waals surface area contributed by atoms with Crippen molar-refractivity contribution in [3.05, 3.63) is 206 Å². The van der Waals surface area contributed by atoms with Crippen LogP contribution in [0.4, 0.5) is 0 Å². The maximum Gasteiger partial charge on any atom is 0.160 e. The molecule has 0 N–H and O–H groups in total. The minimum Gasteiger partial charge on any atom is -0.310 e. The van der Waals surface area contributed by atoms with Gasteiger partial charge < -0.3 is 4.57 Å². The molecule has 0 amide bonds. The van der Waals surface area contributed by atoms with Gasteiger partial charge >= 0.3 is 0 Å². The first kappa shape index (κ1) is 34.3. The molecule has 0 aliphatic heterocycles. The van der Waals surface area contributed by atoms with E-state index in [-0.39, 0.29) is 0 Å². The van der Waals surface area contributed by atoms with E-state index in [9.17, 15) is 0 Å². The van der Waals surface area contributed by atoms with Gasteiger partial charge in [-0.25, -0.2) is 9.97 Å². The van der Waals surface area contributed by atoms with Gasteiger partial charge in [-0.2, -0.15) is 0 Å². The molecule has 0 atom stereocenters. The molecule has 9 rings (SSSR count). The van der Waals surface area contributed by atoms with E-state index >= 15 is 0 Å². The van der Waals surface area contributed by atoms with Crippen molar-refractivity contribution in [2.75, 3.05) is 0 Å². The molecule has 0 spiro atoms. The number of allylic oxidation sites excluding steroid dienone is 2. The van der Waals surface area contributed by atoms with E-state index in [0.29, 0.717) is 5.82 Å². The molecule has 4 aromatic heterocycles. The summed E-state index contributed by atoms with van der Waals surface area (Å²) < 4.78 is 2.36. The van der Waals surface area contributed by atoms with E-state index < -0.39 is 0 Å². The third-order valence-electron chi connectivity index (χ3n) is 10.2. The summed E-state index contributed by atoms with van der Waals surface area (Å²) >= 11 is 0. The number of hydrogen-bond acceptors (Lipinski definition) is 4. The molecule has 5 nitrogen and oxygen atoms in total. The number of fused-ring (bicyclic) bond motifs is 1. The summed E-state index contributed by atoms with van der Waals surface area (Å²) in [7, 11) is 0. The predicted molar refractivity (Wildman–Crippen MR) is 231 cm³/mol. The largest absolute Gasteiger partial charge is 0.310 e. The van der Waals surface area contributed by atoms with Crippen LogP contribution in [0.25, 0.3) is 89.9 Å². The lowest BCUT2D eigenvalue weighted by Crippen LogP contribution is -1.99. The monoisotopic (exact) mass is 719 g/mol. The molecule has 0 bridgehead atoms. The summed E-state index contributed by atoms with van der Waals surface area (Å²) in [5, 5.41) is 1.22. The molecule has 56 heavy (non-hydrogen) atoms. The lowest BCUT2D eigenvalue weighted by atomic mass is 9.95. The van der Waals surface area contributed by atoms with Crippen molar-refractivity contribution >= 4 is 17.0 Å². The van der Waals surface area contributed by atoms with Crippen molar-refractivity contribution in [3.8, 4) is 73.0 Å². The van der Waals surface area contributed by atoms with E-state index in [2.05, 4.69) is 155 Å². The normalized spacial score (nSPS) is 11.3. The maximum atomic E-state index is 5.03. The zero-order valence-electron chi connectivity index (χ0n) is 30.9. The summed E-state index contributed by atoms with van der Waals surface area (Å²) in [5.41, 5.74) is 16.0. The van der Waals surface area contributed by atoms with Crippen LogP contribution in [-0.4, -0.2) is 24.5 Å². The summed E-state index contributed by atoms with van der Waals surface area (Å²) in [4.78, 5) is 18.5. The second-order valence-electron chi connectivity index (χ2n) is 13.7. The molecule has 266 valence electrons. The van der Waals surface area contributed by atoms with Gasteiger partial charge in [-0.15, -0.1) is 0 Å². The van der Waals surface area contributed by atoms with Crippen LogP contribution in [-0.2, 0) is 0 Å². The number of rotatable bonds is 9. The third kappa shape index (κ3) is 6.74. The average molecular weight is 720 g/mol. The highest BCUT2D eigenvalue weighted by atomic mass is 15.0. The van der Waals surface area contributed by atoms with Gasteiger partial charge in [-0.1, -0.05) is 116 Å². The van der Waals surface area contributed by atoms with Crippen LogP contribution in [0.2, 0.25) is 0 Å². The zero-order chi connectivity index (χ0) is 37.8. The quantitative estimate of drug-likeness (QED) is 0.139. The van der Waals surface area contributed by atoms with E-state index in [1.165, 1.54) is 22.1 Å². The Bertz CT molecular complexity index is 2780. The van der Waals surface area contributed by atoms with Gasteiger partial charge in [-0.05, 0) is 107 Å². The Hall–Kier alpha value is -7.50. The number of benzene rings is 5. The fraction of sp³-hybridized carbons (Fsp3) is 0.0196. The molecule has 0 aliphatic rings. The fourth-order valence-electron chi connectivity index (χ4n) is 7.35. The fourth-order valence-corrected chi connectivity index (χ4v) is 7.35. The molecular formula is C51H37N5.